The lowest BCUT2D eigenvalue weighted by Gasteiger charge is -2.19. The van der Waals surface area contributed by atoms with Gasteiger partial charge >= 0.3 is 0 Å². The van der Waals surface area contributed by atoms with Gasteiger partial charge in [-0.2, -0.15) is 15.0 Å². The number of aromatic nitrogens is 3. The molecule has 1 aromatic heterocycles. The Labute approximate surface area is 213 Å². The third-order valence-electron chi connectivity index (χ3n) is 6.05. The Morgan fingerprint density at radius 2 is 1.31 bits per heavy atom. The maximum Gasteiger partial charge on any atom is 0.233 e. The summed E-state index contributed by atoms with van der Waals surface area (Å²) in [4.78, 5) is 16.2. The van der Waals surface area contributed by atoms with Crippen molar-refractivity contribution in [3.8, 4) is 5.75 Å². The second-order valence-corrected chi connectivity index (χ2v) is 9.25. The minimum Gasteiger partial charge on any atom is -0.494 e. The van der Waals surface area contributed by atoms with Crippen LogP contribution in [0.15, 0.2) is 24.3 Å². The highest BCUT2D eigenvalue weighted by Crippen LogP contribution is 2.21. The first-order valence-electron chi connectivity index (χ1n) is 13.9. The molecule has 2 aromatic rings. The molecule has 0 aliphatic heterocycles. The second kappa shape index (κ2) is 17.8. The van der Waals surface area contributed by atoms with Gasteiger partial charge in [0.2, 0.25) is 17.8 Å². The zero-order chi connectivity index (χ0) is 25.1. The number of unbranched alkanes of at least 4 members (excludes halogenated alkanes) is 10. The van der Waals surface area contributed by atoms with Gasteiger partial charge in [-0.3, -0.25) is 0 Å². The van der Waals surface area contributed by atoms with Gasteiger partial charge in [-0.15, -0.1) is 0 Å². The number of hydrogen-bond donors (Lipinski definition) is 2. The average Bonchev–Trinajstić information content (AvgIpc) is 2.86. The van der Waals surface area contributed by atoms with Crippen LogP contribution in [0.5, 0.6) is 5.75 Å². The van der Waals surface area contributed by atoms with Gasteiger partial charge in [0.05, 0.1) is 6.61 Å². The van der Waals surface area contributed by atoms with Gasteiger partial charge in [0, 0.05) is 25.8 Å². The average molecular weight is 485 g/mol. The molecule has 0 aliphatic rings. The van der Waals surface area contributed by atoms with Crippen LogP contribution < -0.4 is 20.3 Å². The molecule has 0 aliphatic carbocycles. The summed E-state index contributed by atoms with van der Waals surface area (Å²) in [5.74, 6) is 2.74. The minimum absolute atomic E-state index is 0.555. The summed E-state index contributed by atoms with van der Waals surface area (Å²) in [6.07, 6.45) is 15.2. The van der Waals surface area contributed by atoms with Gasteiger partial charge < -0.3 is 20.3 Å². The lowest BCUT2D eigenvalue weighted by Crippen LogP contribution is -2.22. The van der Waals surface area contributed by atoms with Crippen LogP contribution in [0.1, 0.15) is 97.8 Å². The van der Waals surface area contributed by atoms with Crippen LogP contribution in [-0.4, -0.2) is 41.7 Å². The van der Waals surface area contributed by atoms with Crippen molar-refractivity contribution in [2.24, 2.45) is 0 Å². The van der Waals surface area contributed by atoms with Crippen molar-refractivity contribution in [1.82, 2.24) is 15.0 Å². The number of benzene rings is 1. The first-order valence-corrected chi connectivity index (χ1v) is 13.9. The monoisotopic (exact) mass is 484 g/mol. The van der Waals surface area contributed by atoms with Crippen LogP contribution in [0.3, 0.4) is 0 Å². The molecular formula is C28H48N6O. The van der Waals surface area contributed by atoms with Crippen molar-refractivity contribution in [3.05, 3.63) is 24.3 Å². The molecule has 0 unspecified atom stereocenters. The van der Waals surface area contributed by atoms with E-state index in [1.165, 1.54) is 64.2 Å². The molecule has 7 nitrogen and oxygen atoms in total. The van der Waals surface area contributed by atoms with E-state index >= 15 is 0 Å². The molecule has 0 amide bonds. The lowest BCUT2D eigenvalue weighted by molar-refractivity contribution is 0.340. The summed E-state index contributed by atoms with van der Waals surface area (Å²) in [6.45, 7) is 8.96. The molecule has 7 heteroatoms. The Morgan fingerprint density at radius 3 is 1.97 bits per heavy atom. The Kier molecular flexibility index (Phi) is 14.6. The van der Waals surface area contributed by atoms with Gasteiger partial charge in [-0.05, 0) is 44.0 Å². The van der Waals surface area contributed by atoms with E-state index < -0.39 is 0 Å². The summed E-state index contributed by atoms with van der Waals surface area (Å²) in [5.41, 5.74) is 0.922. The number of nitrogens with zero attached hydrogens (tertiary/aromatic N) is 4. The predicted octanol–water partition coefficient (Wildman–Crippen LogP) is 7.58. The highest BCUT2D eigenvalue weighted by Gasteiger charge is 2.11. The predicted molar refractivity (Wildman–Crippen MR) is 149 cm³/mol. The SMILES string of the molecule is CCCCCCCCNc1nc(Nc2ccc(OCC)cc2)nc(N(C)CCCCCCCC)n1. The van der Waals surface area contributed by atoms with E-state index in [0.717, 1.165) is 37.4 Å². The molecule has 2 rings (SSSR count). The maximum absolute atomic E-state index is 5.55. The first kappa shape index (κ1) is 28.7. The molecular weight excluding hydrogens is 436 g/mol. The Bertz CT molecular complexity index is 799. The molecule has 0 saturated heterocycles. The molecule has 196 valence electrons. The normalized spacial score (nSPS) is 10.9. The van der Waals surface area contributed by atoms with Crippen molar-refractivity contribution >= 4 is 23.5 Å². The van der Waals surface area contributed by atoms with E-state index in [2.05, 4.69) is 41.4 Å². The topological polar surface area (TPSA) is 75.2 Å². The van der Waals surface area contributed by atoms with Gasteiger partial charge in [-0.1, -0.05) is 78.1 Å². The van der Waals surface area contributed by atoms with E-state index in [1.807, 2.05) is 31.2 Å². The summed E-state index contributed by atoms with van der Waals surface area (Å²) in [7, 11) is 2.07. The largest absolute Gasteiger partial charge is 0.494 e. The van der Waals surface area contributed by atoms with Gasteiger partial charge in [0.25, 0.3) is 0 Å². The number of anilines is 4. The standard InChI is InChI=1S/C28H48N6O/c1-5-8-10-12-14-16-22-29-26-31-27(30-24-18-20-25(21-19-24)35-7-3)33-28(32-26)34(4)23-17-15-13-11-9-6-2/h18-21H,5-17,22-23H2,1-4H3,(H2,29,30,31,32,33). The van der Waals surface area contributed by atoms with Crippen molar-refractivity contribution in [3.63, 3.8) is 0 Å². The minimum atomic E-state index is 0.555. The van der Waals surface area contributed by atoms with Crippen LogP contribution >= 0.6 is 0 Å². The Hall–Kier alpha value is -2.57. The highest BCUT2D eigenvalue weighted by molar-refractivity contribution is 5.56. The van der Waals surface area contributed by atoms with Crippen LogP contribution in [0.4, 0.5) is 23.5 Å². The second-order valence-electron chi connectivity index (χ2n) is 9.25. The molecule has 1 heterocycles. The Morgan fingerprint density at radius 1 is 0.714 bits per heavy atom. The van der Waals surface area contributed by atoms with Gasteiger partial charge in [0.1, 0.15) is 5.75 Å². The van der Waals surface area contributed by atoms with E-state index in [0.29, 0.717) is 24.5 Å². The molecule has 2 N–H and O–H groups in total. The number of rotatable bonds is 20. The van der Waals surface area contributed by atoms with Crippen LogP contribution in [-0.2, 0) is 0 Å². The smallest absolute Gasteiger partial charge is 0.233 e. The van der Waals surface area contributed by atoms with Crippen molar-refractivity contribution in [2.75, 3.05) is 42.3 Å². The van der Waals surface area contributed by atoms with Crippen LogP contribution in [0.25, 0.3) is 0 Å². The molecule has 0 atom stereocenters. The quantitative estimate of drug-likeness (QED) is 0.188. The van der Waals surface area contributed by atoms with Crippen molar-refractivity contribution in [1.29, 1.82) is 0 Å². The van der Waals surface area contributed by atoms with E-state index in [1.54, 1.807) is 0 Å². The van der Waals surface area contributed by atoms with Crippen molar-refractivity contribution < 1.29 is 4.74 Å². The van der Waals surface area contributed by atoms with Crippen LogP contribution in [0, 0.1) is 0 Å². The summed E-state index contributed by atoms with van der Waals surface area (Å²) < 4.78 is 5.55. The summed E-state index contributed by atoms with van der Waals surface area (Å²) >= 11 is 0. The summed E-state index contributed by atoms with van der Waals surface area (Å²) in [5, 5.41) is 6.76. The molecule has 0 spiro atoms. The Balaban J connectivity index is 1.99. The van der Waals surface area contributed by atoms with Crippen LogP contribution in [0.2, 0.25) is 0 Å². The lowest BCUT2D eigenvalue weighted by atomic mass is 10.1. The molecule has 0 saturated carbocycles. The van der Waals surface area contributed by atoms with Gasteiger partial charge in [-0.25, -0.2) is 0 Å². The highest BCUT2D eigenvalue weighted by atomic mass is 16.5. The maximum atomic E-state index is 5.55. The zero-order valence-corrected chi connectivity index (χ0v) is 22.6. The molecule has 35 heavy (non-hydrogen) atoms. The third-order valence-corrected chi connectivity index (χ3v) is 6.05. The van der Waals surface area contributed by atoms with Gasteiger partial charge in [0.15, 0.2) is 0 Å². The fraction of sp³-hybridized carbons (Fsp3) is 0.679. The molecule has 0 radical (unpaired) electrons. The van der Waals surface area contributed by atoms with E-state index in [-0.39, 0.29) is 0 Å². The molecule has 0 bridgehead atoms. The van der Waals surface area contributed by atoms with E-state index in [9.17, 15) is 0 Å². The first-order chi connectivity index (χ1) is 17.2. The number of ether oxygens (including phenoxy) is 1. The third kappa shape index (κ3) is 12.1. The fourth-order valence-electron chi connectivity index (χ4n) is 3.94. The summed E-state index contributed by atoms with van der Waals surface area (Å²) in [6, 6.07) is 7.88. The fourth-order valence-corrected chi connectivity index (χ4v) is 3.94. The van der Waals surface area contributed by atoms with E-state index in [4.69, 9.17) is 14.7 Å². The number of hydrogen-bond acceptors (Lipinski definition) is 7. The number of nitrogens with one attached hydrogen (secondary N) is 2. The van der Waals surface area contributed by atoms with Crippen molar-refractivity contribution in [2.45, 2.75) is 97.8 Å². The molecule has 0 fully saturated rings. The zero-order valence-electron chi connectivity index (χ0n) is 22.6. The molecule has 1 aromatic carbocycles.